The zero-order valence-corrected chi connectivity index (χ0v) is 12.9. The highest BCUT2D eigenvalue weighted by atomic mass is 32.2. The molecule has 0 bridgehead atoms. The number of carbonyl (C=O) groups excluding carboxylic acids is 1. The van der Waals surface area contributed by atoms with Crippen molar-refractivity contribution in [1.29, 1.82) is 0 Å². The van der Waals surface area contributed by atoms with E-state index < -0.39 is 5.54 Å². The van der Waals surface area contributed by atoms with Gasteiger partial charge in [-0.25, -0.2) is 4.98 Å². The Kier molecular flexibility index (Phi) is 4.81. The van der Waals surface area contributed by atoms with Crippen LogP contribution in [0.15, 0.2) is 4.34 Å². The zero-order valence-electron chi connectivity index (χ0n) is 11.3. The molecule has 1 aromatic rings. The molecular formula is C12H20N4OS2. The van der Waals surface area contributed by atoms with E-state index in [2.05, 4.69) is 14.7 Å². The van der Waals surface area contributed by atoms with Crippen LogP contribution in [0.3, 0.4) is 0 Å². The third-order valence-electron chi connectivity index (χ3n) is 3.40. The maximum absolute atomic E-state index is 11.9. The molecule has 5 nitrogen and oxygen atoms in total. The Morgan fingerprint density at radius 2 is 2.32 bits per heavy atom. The standard InChI is InChI=1S/C12H20N4OS2/c1-3-9-15-11(19-16-9)18-7-12(10(13)17,14-4-2)8-5-6-8/h8,14H,3-7H2,1-2H3,(H2,13,17). The van der Waals surface area contributed by atoms with Crippen molar-refractivity contribution < 1.29 is 4.79 Å². The van der Waals surface area contributed by atoms with Crippen LogP contribution < -0.4 is 11.1 Å². The number of nitrogens with two attached hydrogens (primary N) is 1. The monoisotopic (exact) mass is 300 g/mol. The molecule has 1 fully saturated rings. The first kappa shape index (κ1) is 14.7. The van der Waals surface area contributed by atoms with Crippen LogP contribution in [0.1, 0.15) is 32.5 Å². The Morgan fingerprint density at radius 1 is 1.58 bits per heavy atom. The predicted octanol–water partition coefficient (Wildman–Crippen LogP) is 1.44. The number of likely N-dealkylation sites (N-methyl/N-ethyl adjacent to an activating group) is 1. The van der Waals surface area contributed by atoms with Crippen LogP contribution >= 0.6 is 23.3 Å². The largest absolute Gasteiger partial charge is 0.368 e. The second-order valence-electron chi connectivity index (χ2n) is 4.76. The van der Waals surface area contributed by atoms with Crippen LogP contribution in [-0.4, -0.2) is 33.1 Å². The molecular weight excluding hydrogens is 280 g/mol. The molecule has 1 aliphatic rings. The van der Waals surface area contributed by atoms with Crippen molar-refractivity contribution in [3.05, 3.63) is 5.82 Å². The number of amides is 1. The maximum Gasteiger partial charge on any atom is 0.238 e. The normalized spacial score (nSPS) is 18.2. The van der Waals surface area contributed by atoms with E-state index in [1.165, 1.54) is 11.5 Å². The molecule has 0 saturated heterocycles. The molecule has 1 heterocycles. The highest BCUT2D eigenvalue weighted by Crippen LogP contribution is 2.42. The van der Waals surface area contributed by atoms with Gasteiger partial charge in [-0.1, -0.05) is 25.6 Å². The van der Waals surface area contributed by atoms with Crippen molar-refractivity contribution in [3.8, 4) is 0 Å². The van der Waals surface area contributed by atoms with E-state index in [1.54, 1.807) is 11.8 Å². The summed E-state index contributed by atoms with van der Waals surface area (Å²) >= 11 is 2.98. The molecule has 106 valence electrons. The molecule has 1 aliphatic carbocycles. The summed E-state index contributed by atoms with van der Waals surface area (Å²) in [6.07, 6.45) is 2.99. The molecule has 1 unspecified atom stereocenters. The van der Waals surface area contributed by atoms with Gasteiger partial charge in [-0.15, -0.1) is 0 Å². The van der Waals surface area contributed by atoms with E-state index in [0.717, 1.165) is 36.0 Å². The number of hydrogen-bond donors (Lipinski definition) is 2. The van der Waals surface area contributed by atoms with Crippen molar-refractivity contribution in [2.24, 2.45) is 11.7 Å². The molecule has 7 heteroatoms. The van der Waals surface area contributed by atoms with Crippen LogP contribution in [0, 0.1) is 5.92 Å². The van der Waals surface area contributed by atoms with Gasteiger partial charge < -0.3 is 11.1 Å². The number of aryl methyl sites for hydroxylation is 1. The summed E-state index contributed by atoms with van der Waals surface area (Å²) in [5.41, 5.74) is 5.06. The van der Waals surface area contributed by atoms with E-state index in [4.69, 9.17) is 5.73 Å². The number of primary amides is 1. The van der Waals surface area contributed by atoms with Crippen LogP contribution in [0.25, 0.3) is 0 Å². The van der Waals surface area contributed by atoms with Crippen molar-refractivity contribution in [2.75, 3.05) is 12.3 Å². The van der Waals surface area contributed by atoms with Crippen LogP contribution in [0.2, 0.25) is 0 Å². The average Bonchev–Trinajstić information content (AvgIpc) is 3.14. The lowest BCUT2D eigenvalue weighted by molar-refractivity contribution is -0.124. The van der Waals surface area contributed by atoms with Crippen molar-refractivity contribution in [1.82, 2.24) is 14.7 Å². The molecule has 0 aliphatic heterocycles. The SMILES string of the molecule is CCNC(CSc1nc(CC)ns1)(C(N)=O)C1CC1. The van der Waals surface area contributed by atoms with Crippen molar-refractivity contribution in [3.63, 3.8) is 0 Å². The lowest BCUT2D eigenvalue weighted by atomic mass is 9.94. The molecule has 1 atom stereocenters. The minimum Gasteiger partial charge on any atom is -0.368 e. The lowest BCUT2D eigenvalue weighted by Crippen LogP contribution is -2.59. The molecule has 1 amide bonds. The Labute approximate surface area is 121 Å². The fourth-order valence-corrected chi connectivity index (χ4v) is 4.18. The second-order valence-corrected chi connectivity index (χ2v) is 6.73. The average molecular weight is 300 g/mol. The van der Waals surface area contributed by atoms with E-state index in [9.17, 15) is 4.79 Å². The first-order valence-corrected chi connectivity index (χ1v) is 8.38. The fourth-order valence-electron chi connectivity index (χ4n) is 2.18. The minimum absolute atomic E-state index is 0.246. The van der Waals surface area contributed by atoms with Gasteiger partial charge in [0.15, 0.2) is 4.34 Å². The molecule has 1 saturated carbocycles. The summed E-state index contributed by atoms with van der Waals surface area (Å²) in [5.74, 6) is 1.63. The van der Waals surface area contributed by atoms with Gasteiger partial charge in [-0.2, -0.15) is 4.37 Å². The van der Waals surface area contributed by atoms with Crippen LogP contribution in [0.4, 0.5) is 0 Å². The number of nitrogens with zero attached hydrogens (tertiary/aromatic N) is 2. The quantitative estimate of drug-likeness (QED) is 0.710. The number of thioether (sulfide) groups is 1. The van der Waals surface area contributed by atoms with E-state index in [0.29, 0.717) is 11.7 Å². The molecule has 1 aromatic heterocycles. The Morgan fingerprint density at radius 3 is 2.79 bits per heavy atom. The van der Waals surface area contributed by atoms with Crippen molar-refractivity contribution >= 4 is 29.2 Å². The number of nitrogens with one attached hydrogen (secondary N) is 1. The molecule has 0 spiro atoms. The number of aromatic nitrogens is 2. The zero-order chi connectivity index (χ0) is 13.9. The second kappa shape index (κ2) is 6.19. The summed E-state index contributed by atoms with van der Waals surface area (Å²) in [5, 5.41) is 3.31. The lowest BCUT2D eigenvalue weighted by Gasteiger charge is -2.31. The van der Waals surface area contributed by atoms with E-state index in [1.807, 2.05) is 13.8 Å². The maximum atomic E-state index is 11.9. The van der Waals surface area contributed by atoms with Crippen LogP contribution in [0.5, 0.6) is 0 Å². The highest BCUT2D eigenvalue weighted by molar-refractivity contribution is 8.01. The predicted molar refractivity (Wildman–Crippen MR) is 78.3 cm³/mol. The van der Waals surface area contributed by atoms with Gasteiger partial charge in [0, 0.05) is 12.2 Å². The number of carbonyl (C=O) groups is 1. The Hall–Kier alpha value is -0.660. The van der Waals surface area contributed by atoms with E-state index >= 15 is 0 Å². The summed E-state index contributed by atoms with van der Waals surface area (Å²) in [7, 11) is 0. The van der Waals surface area contributed by atoms with Gasteiger partial charge in [0.25, 0.3) is 0 Å². The molecule has 0 radical (unpaired) electrons. The Bertz CT molecular complexity index is 447. The number of rotatable bonds is 8. The fraction of sp³-hybridized carbons (Fsp3) is 0.750. The first-order chi connectivity index (χ1) is 9.12. The summed E-state index contributed by atoms with van der Waals surface area (Å²) in [4.78, 5) is 16.3. The molecule has 2 rings (SSSR count). The first-order valence-electron chi connectivity index (χ1n) is 6.62. The van der Waals surface area contributed by atoms with Gasteiger partial charge in [0.2, 0.25) is 5.91 Å². The third-order valence-corrected chi connectivity index (χ3v) is 5.46. The van der Waals surface area contributed by atoms with Gasteiger partial charge in [-0.3, -0.25) is 4.79 Å². The molecule has 3 N–H and O–H groups in total. The Balaban J connectivity index is 2.05. The summed E-state index contributed by atoms with van der Waals surface area (Å²) < 4.78 is 5.18. The smallest absolute Gasteiger partial charge is 0.238 e. The van der Waals surface area contributed by atoms with E-state index in [-0.39, 0.29) is 5.91 Å². The summed E-state index contributed by atoms with van der Waals surface area (Å²) in [6, 6.07) is 0. The van der Waals surface area contributed by atoms with Crippen LogP contribution in [-0.2, 0) is 11.2 Å². The summed E-state index contributed by atoms with van der Waals surface area (Å²) in [6.45, 7) is 4.79. The highest BCUT2D eigenvalue weighted by Gasteiger charge is 2.49. The van der Waals surface area contributed by atoms with Gasteiger partial charge in [0.1, 0.15) is 11.4 Å². The number of hydrogen-bond acceptors (Lipinski definition) is 6. The topological polar surface area (TPSA) is 80.9 Å². The third kappa shape index (κ3) is 3.27. The van der Waals surface area contributed by atoms with Gasteiger partial charge in [-0.05, 0) is 36.8 Å². The molecule has 19 heavy (non-hydrogen) atoms. The van der Waals surface area contributed by atoms with Gasteiger partial charge >= 0.3 is 0 Å². The van der Waals surface area contributed by atoms with Gasteiger partial charge in [0.05, 0.1) is 0 Å². The minimum atomic E-state index is -0.586. The molecule has 0 aromatic carbocycles. The van der Waals surface area contributed by atoms with Crippen molar-refractivity contribution in [2.45, 2.75) is 43.0 Å².